The first kappa shape index (κ1) is 20.3. The number of nitro benzene ring substituents is 1. The summed E-state index contributed by atoms with van der Waals surface area (Å²) in [4.78, 5) is 18.5. The van der Waals surface area contributed by atoms with Gasteiger partial charge in [0.15, 0.2) is 0 Å². The number of non-ortho nitro benzene ring substituents is 1. The lowest BCUT2D eigenvalue weighted by Gasteiger charge is -2.39. The van der Waals surface area contributed by atoms with E-state index in [1.165, 1.54) is 6.07 Å². The fourth-order valence-corrected chi connectivity index (χ4v) is 3.53. The van der Waals surface area contributed by atoms with E-state index in [0.717, 1.165) is 17.8 Å². The van der Waals surface area contributed by atoms with Crippen molar-refractivity contribution in [2.75, 3.05) is 31.1 Å². The molecule has 6 nitrogen and oxygen atoms in total. The van der Waals surface area contributed by atoms with E-state index < -0.39 is 16.7 Å². The molecule has 1 aromatic heterocycles. The van der Waals surface area contributed by atoms with Crippen LogP contribution in [0.2, 0.25) is 5.02 Å². The Kier molecular flexibility index (Phi) is 5.76. The summed E-state index contributed by atoms with van der Waals surface area (Å²) in [5, 5.41) is 10.9. The molecule has 150 valence electrons. The molecule has 0 radical (unpaired) electrons. The lowest BCUT2D eigenvalue weighted by atomic mass is 10.1. The first-order valence-electron chi connectivity index (χ1n) is 8.63. The van der Waals surface area contributed by atoms with Gasteiger partial charge in [-0.05, 0) is 18.6 Å². The van der Waals surface area contributed by atoms with Crippen molar-refractivity contribution in [3.8, 4) is 0 Å². The Hall–Kier alpha value is -2.39. The molecule has 0 bridgehead atoms. The largest absolute Gasteiger partial charge is 0.417 e. The molecule has 0 aliphatic carbocycles. The Labute approximate surface area is 164 Å². The number of piperazine rings is 1. The Morgan fingerprint density at radius 3 is 2.46 bits per heavy atom. The zero-order chi connectivity index (χ0) is 20.5. The maximum absolute atomic E-state index is 12.8. The predicted molar refractivity (Wildman–Crippen MR) is 99.5 cm³/mol. The molecule has 1 fully saturated rings. The van der Waals surface area contributed by atoms with Crippen molar-refractivity contribution in [2.24, 2.45) is 0 Å². The summed E-state index contributed by atoms with van der Waals surface area (Å²) in [6.07, 6.45) is -3.69. The van der Waals surface area contributed by atoms with E-state index in [2.05, 4.69) is 9.88 Å². The summed E-state index contributed by atoms with van der Waals surface area (Å²) in [6, 6.07) is 7.38. The third-order valence-corrected chi connectivity index (χ3v) is 5.15. The van der Waals surface area contributed by atoms with Gasteiger partial charge in [0.05, 0.1) is 15.5 Å². The first-order valence-corrected chi connectivity index (χ1v) is 9.00. The molecule has 10 heteroatoms. The van der Waals surface area contributed by atoms with Crippen LogP contribution in [0.25, 0.3) is 0 Å². The fraction of sp³-hybridized carbons (Fsp3) is 0.389. The average molecular weight is 415 g/mol. The fourth-order valence-electron chi connectivity index (χ4n) is 3.25. The van der Waals surface area contributed by atoms with Crippen molar-refractivity contribution in [3.63, 3.8) is 0 Å². The number of halogens is 4. The topological polar surface area (TPSA) is 62.5 Å². The highest BCUT2D eigenvalue weighted by molar-refractivity contribution is 6.33. The highest BCUT2D eigenvalue weighted by Crippen LogP contribution is 2.34. The molecule has 1 aliphatic rings. The van der Waals surface area contributed by atoms with Gasteiger partial charge in [-0.1, -0.05) is 23.7 Å². The van der Waals surface area contributed by atoms with Gasteiger partial charge in [-0.25, -0.2) is 4.98 Å². The first-order chi connectivity index (χ1) is 13.2. The van der Waals surface area contributed by atoms with Gasteiger partial charge in [0, 0.05) is 50.6 Å². The van der Waals surface area contributed by atoms with Crippen LogP contribution < -0.4 is 4.90 Å². The molecule has 0 amide bonds. The summed E-state index contributed by atoms with van der Waals surface area (Å²) in [6.45, 7) is 4.30. The Balaban J connectivity index is 1.67. The van der Waals surface area contributed by atoms with Gasteiger partial charge in [0.2, 0.25) is 0 Å². The Morgan fingerprint density at radius 1 is 1.21 bits per heavy atom. The lowest BCUT2D eigenvalue weighted by Crippen LogP contribution is -2.47. The predicted octanol–water partition coefficient (Wildman–Crippen LogP) is 4.55. The second-order valence-corrected chi connectivity index (χ2v) is 6.99. The highest BCUT2D eigenvalue weighted by Gasteiger charge is 2.32. The van der Waals surface area contributed by atoms with Gasteiger partial charge < -0.3 is 4.90 Å². The standard InChI is InChI=1S/C18H18ClF3N4O2/c1-12(13-3-2-4-15(9-13)26(27)28)24-5-7-25(8-6-24)17-16(19)10-14(11-23-17)18(20,21)22/h2-4,9-12H,5-8H2,1H3/t12-/m1/s1. The molecule has 0 unspecified atom stereocenters. The van der Waals surface area contributed by atoms with E-state index >= 15 is 0 Å². The summed E-state index contributed by atoms with van der Waals surface area (Å²) in [7, 11) is 0. The number of nitrogens with zero attached hydrogens (tertiary/aromatic N) is 4. The maximum Gasteiger partial charge on any atom is 0.417 e. The smallest absolute Gasteiger partial charge is 0.353 e. The molecule has 0 saturated carbocycles. The van der Waals surface area contributed by atoms with Gasteiger partial charge in [-0.2, -0.15) is 13.2 Å². The maximum atomic E-state index is 12.8. The molecule has 28 heavy (non-hydrogen) atoms. The molecular weight excluding hydrogens is 397 g/mol. The number of hydrogen-bond donors (Lipinski definition) is 0. The average Bonchev–Trinajstić information content (AvgIpc) is 2.67. The number of nitro groups is 1. The van der Waals surface area contributed by atoms with Crippen LogP contribution in [-0.4, -0.2) is 41.0 Å². The Morgan fingerprint density at radius 2 is 1.89 bits per heavy atom. The van der Waals surface area contributed by atoms with Gasteiger partial charge in [0.1, 0.15) is 5.82 Å². The van der Waals surface area contributed by atoms with Crippen molar-refractivity contribution in [3.05, 3.63) is 62.8 Å². The van der Waals surface area contributed by atoms with Crippen molar-refractivity contribution < 1.29 is 18.1 Å². The number of hydrogen-bond acceptors (Lipinski definition) is 5. The zero-order valence-corrected chi connectivity index (χ0v) is 15.7. The van der Waals surface area contributed by atoms with Crippen LogP contribution in [0, 0.1) is 10.1 Å². The number of anilines is 1. The molecule has 0 N–H and O–H groups in total. The molecular formula is C18H18ClF3N4O2. The van der Waals surface area contributed by atoms with Crippen molar-refractivity contribution in [2.45, 2.75) is 19.1 Å². The van der Waals surface area contributed by atoms with Crippen molar-refractivity contribution >= 4 is 23.1 Å². The molecule has 2 aromatic rings. The Bertz CT molecular complexity index is 870. The summed E-state index contributed by atoms with van der Waals surface area (Å²) in [5.74, 6) is 0.331. The van der Waals surface area contributed by atoms with E-state index in [-0.39, 0.29) is 16.8 Å². The lowest BCUT2D eigenvalue weighted by molar-refractivity contribution is -0.385. The monoisotopic (exact) mass is 414 g/mol. The number of alkyl halides is 3. The zero-order valence-electron chi connectivity index (χ0n) is 15.0. The van der Waals surface area contributed by atoms with Gasteiger partial charge in [-0.15, -0.1) is 0 Å². The van der Waals surface area contributed by atoms with Gasteiger partial charge >= 0.3 is 6.18 Å². The minimum absolute atomic E-state index is 0.0295. The summed E-state index contributed by atoms with van der Waals surface area (Å²) < 4.78 is 38.3. The minimum Gasteiger partial charge on any atom is -0.353 e. The number of aromatic nitrogens is 1. The summed E-state index contributed by atoms with van der Waals surface area (Å²) in [5.41, 5.74) is 0.0104. The normalized spacial score (nSPS) is 16.8. The van der Waals surface area contributed by atoms with Crippen LogP contribution in [0.1, 0.15) is 24.1 Å². The van der Waals surface area contributed by atoms with E-state index in [1.54, 1.807) is 12.1 Å². The van der Waals surface area contributed by atoms with Crippen molar-refractivity contribution in [1.82, 2.24) is 9.88 Å². The molecule has 1 aliphatic heterocycles. The minimum atomic E-state index is -4.48. The molecule has 3 rings (SSSR count). The van der Waals surface area contributed by atoms with E-state index in [0.29, 0.717) is 32.0 Å². The summed E-state index contributed by atoms with van der Waals surface area (Å²) >= 11 is 6.03. The van der Waals surface area contributed by atoms with Crippen LogP contribution in [0.3, 0.4) is 0 Å². The second kappa shape index (κ2) is 7.92. The van der Waals surface area contributed by atoms with E-state index in [4.69, 9.17) is 11.6 Å². The van der Waals surface area contributed by atoms with Crippen LogP contribution in [0.5, 0.6) is 0 Å². The van der Waals surface area contributed by atoms with Crippen molar-refractivity contribution in [1.29, 1.82) is 0 Å². The SMILES string of the molecule is C[C@H](c1cccc([N+](=O)[O-])c1)N1CCN(c2ncc(C(F)(F)F)cc2Cl)CC1. The van der Waals surface area contributed by atoms with Gasteiger partial charge in [-0.3, -0.25) is 15.0 Å². The van der Waals surface area contributed by atoms with Crippen LogP contribution in [-0.2, 0) is 6.18 Å². The van der Waals surface area contributed by atoms with Crippen LogP contribution >= 0.6 is 11.6 Å². The highest BCUT2D eigenvalue weighted by atomic mass is 35.5. The number of benzene rings is 1. The molecule has 2 heterocycles. The van der Waals surface area contributed by atoms with E-state index in [9.17, 15) is 23.3 Å². The van der Waals surface area contributed by atoms with Crippen LogP contribution in [0.4, 0.5) is 24.7 Å². The van der Waals surface area contributed by atoms with Gasteiger partial charge in [0.25, 0.3) is 5.69 Å². The third kappa shape index (κ3) is 4.36. The molecule has 0 spiro atoms. The van der Waals surface area contributed by atoms with E-state index in [1.807, 2.05) is 17.9 Å². The molecule has 1 saturated heterocycles. The number of pyridine rings is 1. The third-order valence-electron chi connectivity index (χ3n) is 4.87. The quantitative estimate of drug-likeness (QED) is 0.542. The molecule has 1 aromatic carbocycles. The second-order valence-electron chi connectivity index (χ2n) is 6.58. The van der Waals surface area contributed by atoms with Crippen LogP contribution in [0.15, 0.2) is 36.5 Å². The molecule has 1 atom stereocenters. The number of rotatable bonds is 4.